The Morgan fingerprint density at radius 3 is 2.60 bits per heavy atom. The topological polar surface area (TPSA) is 122 Å². The molecule has 0 unspecified atom stereocenters. The van der Waals surface area contributed by atoms with Gasteiger partial charge >= 0.3 is 5.69 Å². The first-order valence-electron chi connectivity index (χ1n) is 10.6. The average Bonchev–Trinajstić information content (AvgIpc) is 3.36. The first kappa shape index (κ1) is 21.8. The molecule has 0 bridgehead atoms. The highest BCUT2D eigenvalue weighted by molar-refractivity contribution is 5.38. The Bertz CT molecular complexity index is 931. The molecular formula is C21H30N6O3. The molecule has 0 aliphatic carbocycles. The van der Waals surface area contributed by atoms with Gasteiger partial charge in [0.1, 0.15) is 5.69 Å². The molecule has 0 radical (unpaired) electrons. The van der Waals surface area contributed by atoms with Gasteiger partial charge in [0, 0.05) is 13.0 Å². The predicted octanol–water partition coefficient (Wildman–Crippen LogP) is 3.05. The fourth-order valence-corrected chi connectivity index (χ4v) is 3.38. The Hall–Kier alpha value is -2.94. The van der Waals surface area contributed by atoms with E-state index in [2.05, 4.69) is 32.5 Å². The summed E-state index contributed by atoms with van der Waals surface area (Å²) >= 11 is 0. The Balaban J connectivity index is 1.53. The van der Waals surface area contributed by atoms with Crippen LogP contribution in [0.5, 0.6) is 5.88 Å². The highest BCUT2D eigenvalue weighted by atomic mass is 16.5. The molecule has 2 heterocycles. The van der Waals surface area contributed by atoms with E-state index in [-0.39, 0.29) is 18.2 Å². The maximum absolute atomic E-state index is 12.3. The van der Waals surface area contributed by atoms with Gasteiger partial charge in [0.2, 0.25) is 5.88 Å². The van der Waals surface area contributed by atoms with Crippen LogP contribution in [0.2, 0.25) is 0 Å². The van der Waals surface area contributed by atoms with Crippen molar-refractivity contribution in [3.63, 3.8) is 0 Å². The summed E-state index contributed by atoms with van der Waals surface area (Å²) in [5, 5.41) is 23.9. The molecule has 30 heavy (non-hydrogen) atoms. The number of unbranched alkanes of at least 4 members (excludes halogenated alkanes) is 4. The van der Waals surface area contributed by atoms with E-state index in [1.54, 1.807) is 0 Å². The molecule has 0 fully saturated rings. The van der Waals surface area contributed by atoms with E-state index in [9.17, 15) is 9.90 Å². The summed E-state index contributed by atoms with van der Waals surface area (Å²) in [5.74, 6) is 0.524. The van der Waals surface area contributed by atoms with E-state index in [0.29, 0.717) is 23.8 Å². The third kappa shape index (κ3) is 6.03. The van der Waals surface area contributed by atoms with E-state index in [4.69, 9.17) is 4.74 Å². The van der Waals surface area contributed by atoms with E-state index in [1.165, 1.54) is 35.8 Å². The first-order valence-corrected chi connectivity index (χ1v) is 10.6. The van der Waals surface area contributed by atoms with Crippen molar-refractivity contribution < 1.29 is 9.84 Å². The first-order chi connectivity index (χ1) is 14.7. The lowest BCUT2D eigenvalue weighted by Crippen LogP contribution is -2.17. The second kappa shape index (κ2) is 11.3. The van der Waals surface area contributed by atoms with Crippen LogP contribution in [0.15, 0.2) is 29.1 Å². The standard InChI is InChI=1S/C21H30N6O3/c1-2-3-4-5-8-16-10-12-17(13-11-16)27-18(20(28)22-21(27)29)15-30-14-7-6-9-19-23-25-26-24-19/h10-13,28H,2-9,14-15H2,1H3,(H,22,29)(H,23,24,25,26). The number of aromatic amines is 2. The van der Waals surface area contributed by atoms with Crippen molar-refractivity contribution in [2.24, 2.45) is 0 Å². The van der Waals surface area contributed by atoms with Gasteiger partial charge in [0.05, 0.1) is 12.3 Å². The molecule has 0 amide bonds. The van der Waals surface area contributed by atoms with E-state index >= 15 is 0 Å². The molecule has 0 spiro atoms. The second-order valence-corrected chi connectivity index (χ2v) is 7.38. The molecule has 2 aromatic heterocycles. The van der Waals surface area contributed by atoms with Gasteiger partial charge in [-0.25, -0.2) is 4.79 Å². The number of imidazole rings is 1. The number of H-pyrrole nitrogens is 2. The molecule has 0 saturated heterocycles. The molecule has 1 aromatic carbocycles. The zero-order valence-corrected chi connectivity index (χ0v) is 17.4. The summed E-state index contributed by atoms with van der Waals surface area (Å²) in [6, 6.07) is 7.91. The Morgan fingerprint density at radius 2 is 1.87 bits per heavy atom. The molecular weight excluding hydrogens is 384 g/mol. The monoisotopic (exact) mass is 414 g/mol. The molecule has 9 heteroatoms. The van der Waals surface area contributed by atoms with Gasteiger partial charge in [-0.15, -0.1) is 10.2 Å². The minimum absolute atomic E-state index is 0.144. The van der Waals surface area contributed by atoms with Crippen LogP contribution < -0.4 is 5.69 Å². The van der Waals surface area contributed by atoms with Crippen LogP contribution in [0.25, 0.3) is 5.69 Å². The van der Waals surface area contributed by atoms with Crippen LogP contribution in [0.4, 0.5) is 0 Å². The summed E-state index contributed by atoms with van der Waals surface area (Å²) in [6.07, 6.45) is 8.34. The fourth-order valence-electron chi connectivity index (χ4n) is 3.38. The number of hydrogen-bond donors (Lipinski definition) is 3. The lowest BCUT2D eigenvalue weighted by atomic mass is 10.1. The van der Waals surface area contributed by atoms with Crippen molar-refractivity contribution in [1.82, 2.24) is 30.2 Å². The molecule has 162 valence electrons. The number of nitrogens with one attached hydrogen (secondary N) is 2. The molecule has 3 rings (SSSR count). The maximum atomic E-state index is 12.3. The molecule has 0 aliphatic rings. The van der Waals surface area contributed by atoms with E-state index in [1.807, 2.05) is 24.3 Å². The summed E-state index contributed by atoms with van der Waals surface area (Å²) < 4.78 is 7.16. The zero-order chi connectivity index (χ0) is 21.2. The largest absolute Gasteiger partial charge is 0.493 e. The smallest absolute Gasteiger partial charge is 0.333 e. The number of benzene rings is 1. The minimum atomic E-state index is -0.376. The quantitative estimate of drug-likeness (QED) is 0.370. The SMILES string of the molecule is CCCCCCc1ccc(-n2c(COCCCCc3nn[nH]n3)c(O)[nH]c2=O)cc1. The van der Waals surface area contributed by atoms with Gasteiger partial charge in [-0.3, -0.25) is 9.55 Å². The van der Waals surface area contributed by atoms with Gasteiger partial charge in [0.25, 0.3) is 0 Å². The molecule has 3 N–H and O–H groups in total. The number of ether oxygens (including phenoxy) is 1. The van der Waals surface area contributed by atoms with Gasteiger partial charge in [-0.05, 0) is 43.4 Å². The summed E-state index contributed by atoms with van der Waals surface area (Å²) in [4.78, 5) is 14.8. The molecule has 0 atom stereocenters. The molecule has 0 saturated carbocycles. The van der Waals surface area contributed by atoms with Crippen LogP contribution >= 0.6 is 0 Å². The highest BCUT2D eigenvalue weighted by Gasteiger charge is 2.15. The summed E-state index contributed by atoms with van der Waals surface area (Å²) in [6.45, 7) is 2.86. The predicted molar refractivity (Wildman–Crippen MR) is 113 cm³/mol. The number of nitrogens with zero attached hydrogens (tertiary/aromatic N) is 4. The highest BCUT2D eigenvalue weighted by Crippen LogP contribution is 2.19. The van der Waals surface area contributed by atoms with Crippen molar-refractivity contribution in [2.45, 2.75) is 64.9 Å². The van der Waals surface area contributed by atoms with Crippen LogP contribution in [-0.2, 0) is 24.2 Å². The molecule has 3 aromatic rings. The number of tetrazole rings is 1. The van der Waals surface area contributed by atoms with Crippen molar-refractivity contribution in [3.8, 4) is 11.6 Å². The van der Waals surface area contributed by atoms with Crippen LogP contribution in [0.3, 0.4) is 0 Å². The number of rotatable bonds is 13. The lowest BCUT2D eigenvalue weighted by Gasteiger charge is -2.09. The third-order valence-corrected chi connectivity index (χ3v) is 5.05. The van der Waals surface area contributed by atoms with Crippen LogP contribution in [0, 0.1) is 0 Å². The summed E-state index contributed by atoms with van der Waals surface area (Å²) in [7, 11) is 0. The third-order valence-electron chi connectivity index (χ3n) is 5.05. The Kier molecular flexibility index (Phi) is 8.20. The van der Waals surface area contributed by atoms with Crippen molar-refractivity contribution >= 4 is 0 Å². The lowest BCUT2D eigenvalue weighted by molar-refractivity contribution is 0.111. The molecule has 0 aliphatic heterocycles. The van der Waals surface area contributed by atoms with Crippen LogP contribution in [0.1, 0.15) is 62.5 Å². The van der Waals surface area contributed by atoms with Gasteiger partial charge < -0.3 is 9.84 Å². The van der Waals surface area contributed by atoms with Crippen molar-refractivity contribution in [2.75, 3.05) is 6.61 Å². The van der Waals surface area contributed by atoms with Gasteiger partial charge in [0.15, 0.2) is 5.82 Å². The minimum Gasteiger partial charge on any atom is -0.493 e. The molecule has 9 nitrogen and oxygen atoms in total. The van der Waals surface area contributed by atoms with E-state index in [0.717, 1.165) is 25.7 Å². The Morgan fingerprint density at radius 1 is 1.07 bits per heavy atom. The summed E-state index contributed by atoms with van der Waals surface area (Å²) in [5.41, 5.74) is 2.01. The van der Waals surface area contributed by atoms with Crippen LogP contribution in [-0.4, -0.2) is 41.9 Å². The maximum Gasteiger partial charge on any atom is 0.333 e. The second-order valence-electron chi connectivity index (χ2n) is 7.38. The Labute approximate surface area is 175 Å². The van der Waals surface area contributed by atoms with E-state index < -0.39 is 0 Å². The van der Waals surface area contributed by atoms with Gasteiger partial charge in [-0.1, -0.05) is 43.5 Å². The number of aromatic hydroxyl groups is 1. The normalized spacial score (nSPS) is 11.2. The number of hydrogen-bond acceptors (Lipinski definition) is 6. The number of aromatic nitrogens is 6. The fraction of sp³-hybridized carbons (Fsp3) is 0.524. The average molecular weight is 415 g/mol. The van der Waals surface area contributed by atoms with Gasteiger partial charge in [-0.2, -0.15) is 5.21 Å². The number of aryl methyl sites for hydroxylation is 2. The van der Waals surface area contributed by atoms with Crippen molar-refractivity contribution in [3.05, 3.63) is 51.8 Å². The zero-order valence-electron chi connectivity index (χ0n) is 17.4. The van der Waals surface area contributed by atoms with Crippen molar-refractivity contribution in [1.29, 1.82) is 0 Å².